The van der Waals surface area contributed by atoms with Gasteiger partial charge >= 0.3 is 6.18 Å². The van der Waals surface area contributed by atoms with E-state index in [1.807, 2.05) is 0 Å². The molecule has 0 unspecified atom stereocenters. The zero-order chi connectivity index (χ0) is 18.2. The van der Waals surface area contributed by atoms with Crippen LogP contribution in [0, 0.1) is 12.7 Å². The van der Waals surface area contributed by atoms with Crippen LogP contribution in [0.25, 0.3) is 0 Å². The maximum absolute atomic E-state index is 12.8. The van der Waals surface area contributed by atoms with Gasteiger partial charge in [0.1, 0.15) is 5.82 Å². The fraction of sp³-hybridized carbons (Fsp3) is 0.188. The molecule has 0 saturated carbocycles. The Morgan fingerprint density at radius 2 is 1.88 bits per heavy atom. The summed E-state index contributed by atoms with van der Waals surface area (Å²) in [5.41, 5.74) is 0.202. The van der Waals surface area contributed by atoms with Gasteiger partial charge in [-0.25, -0.2) is 9.37 Å². The number of aromatic nitrogens is 2. The van der Waals surface area contributed by atoms with E-state index >= 15 is 0 Å². The van der Waals surface area contributed by atoms with E-state index in [0.29, 0.717) is 11.4 Å². The molecule has 0 fully saturated rings. The number of nitrogens with one attached hydrogen (secondary N) is 2. The molecule has 130 valence electrons. The molecule has 0 saturated heterocycles. The Morgan fingerprint density at radius 3 is 2.46 bits per heavy atom. The molecule has 0 aliphatic carbocycles. The summed E-state index contributed by atoms with van der Waals surface area (Å²) in [6.45, 7) is 1.54. The van der Waals surface area contributed by atoms with Crippen LogP contribution in [0.2, 0.25) is 0 Å². The number of anilines is 1. The largest absolute Gasteiger partial charge is 0.416 e. The summed E-state index contributed by atoms with van der Waals surface area (Å²) in [6, 6.07) is 8.14. The first-order valence-electron chi connectivity index (χ1n) is 6.77. The molecule has 2 rings (SSSR count). The van der Waals surface area contributed by atoms with Crippen molar-refractivity contribution >= 4 is 21.6 Å². The molecule has 0 atom stereocenters. The van der Waals surface area contributed by atoms with Crippen molar-refractivity contribution < 1.29 is 17.6 Å². The molecule has 0 aliphatic heterocycles. The van der Waals surface area contributed by atoms with Gasteiger partial charge in [-0.1, -0.05) is 15.9 Å². The quantitative estimate of drug-likeness (QED) is 0.615. The van der Waals surface area contributed by atoms with Crippen molar-refractivity contribution in [2.75, 3.05) is 12.4 Å². The molecule has 0 radical (unpaired) electrons. The van der Waals surface area contributed by atoms with Gasteiger partial charge in [0.2, 0.25) is 0 Å². The minimum absolute atomic E-state index is 0.239. The Hall–Kier alpha value is -2.09. The molecule has 2 N–H and O–H groups in total. The Morgan fingerprint density at radius 1 is 1.17 bits per heavy atom. The van der Waals surface area contributed by atoms with Crippen LogP contribution >= 0.6 is 15.9 Å². The molecule has 24 heavy (non-hydrogen) atoms. The van der Waals surface area contributed by atoms with Crippen molar-refractivity contribution in [2.45, 2.75) is 13.1 Å². The van der Waals surface area contributed by atoms with E-state index in [-0.39, 0.29) is 5.82 Å². The third kappa shape index (κ3) is 6.99. The Labute approximate surface area is 145 Å². The van der Waals surface area contributed by atoms with Crippen LogP contribution in [-0.2, 0) is 6.18 Å². The first kappa shape index (κ1) is 20.0. The Bertz CT molecular complexity index is 713. The van der Waals surface area contributed by atoms with Crippen LogP contribution in [0.4, 0.5) is 23.2 Å². The summed E-state index contributed by atoms with van der Waals surface area (Å²) in [6.07, 6.45) is -1.72. The van der Waals surface area contributed by atoms with E-state index in [1.54, 1.807) is 19.2 Å². The number of alkyl halides is 3. The minimum atomic E-state index is -4.34. The van der Waals surface area contributed by atoms with Gasteiger partial charge in [0, 0.05) is 23.4 Å². The maximum Gasteiger partial charge on any atom is 0.416 e. The number of rotatable bonds is 1. The Kier molecular flexibility index (Phi) is 7.70. The second-order valence-electron chi connectivity index (χ2n) is 4.59. The maximum atomic E-state index is 12.8. The highest BCUT2D eigenvalue weighted by Gasteiger charge is 2.29. The van der Waals surface area contributed by atoms with Crippen LogP contribution in [0.1, 0.15) is 11.3 Å². The average molecular weight is 406 g/mol. The van der Waals surface area contributed by atoms with E-state index in [2.05, 4.69) is 31.2 Å². The Balaban J connectivity index is 0.000000254. The highest BCUT2D eigenvalue weighted by molar-refractivity contribution is 9.10. The highest BCUT2D eigenvalue weighted by Crippen LogP contribution is 2.28. The van der Waals surface area contributed by atoms with Gasteiger partial charge in [0.15, 0.2) is 0 Å². The van der Waals surface area contributed by atoms with Crippen molar-refractivity contribution in [3.63, 3.8) is 0 Å². The van der Waals surface area contributed by atoms with E-state index in [9.17, 15) is 17.6 Å². The van der Waals surface area contributed by atoms with Gasteiger partial charge in [-0.15, -0.1) is 0 Å². The number of aryl methyl sites for hydroxylation is 1. The van der Waals surface area contributed by atoms with Gasteiger partial charge in [-0.2, -0.15) is 13.2 Å². The smallest absolute Gasteiger partial charge is 0.386 e. The van der Waals surface area contributed by atoms with Gasteiger partial charge in [0.25, 0.3) is 0 Å². The third-order valence-electron chi connectivity index (χ3n) is 2.71. The first-order chi connectivity index (χ1) is 11.2. The molecule has 0 bridgehead atoms. The minimum Gasteiger partial charge on any atom is -0.386 e. The second-order valence-corrected chi connectivity index (χ2v) is 5.50. The number of H-pyrrole nitrogens is 1. The van der Waals surface area contributed by atoms with E-state index in [1.165, 1.54) is 31.6 Å². The van der Waals surface area contributed by atoms with Crippen molar-refractivity contribution in [3.05, 3.63) is 70.5 Å². The number of hydrogen-bond donors (Lipinski definition) is 2. The predicted octanol–water partition coefficient (Wildman–Crippen LogP) is 5.49. The van der Waals surface area contributed by atoms with Gasteiger partial charge in [-0.3, -0.25) is 0 Å². The fourth-order valence-corrected chi connectivity index (χ4v) is 1.90. The monoisotopic (exact) mass is 405 g/mol. The van der Waals surface area contributed by atoms with E-state index < -0.39 is 11.7 Å². The standard InChI is InChI=1S/C9H9F3N2.C7H7BrFN/c1-7-5-8(9(10,11)12)3-2-4-13-6-14-7;1-10-7-3-2-5(8)4-6(7)9/h2-6H,1H3,(H,13,14);2-4,10H,1H3. The summed E-state index contributed by atoms with van der Waals surface area (Å²) in [7, 11) is 1.69. The molecule has 3 nitrogen and oxygen atoms in total. The molecule has 0 spiro atoms. The van der Waals surface area contributed by atoms with Crippen molar-refractivity contribution in [1.82, 2.24) is 9.97 Å². The second kappa shape index (κ2) is 9.27. The number of hydrogen-bond acceptors (Lipinski definition) is 2. The molecule has 1 aromatic heterocycles. The SMILES string of the molecule is CNc1ccc(Br)cc1F.Cc1cc(C(F)(F)F)cccnc[nH]1. The molecule has 1 aromatic carbocycles. The summed E-state index contributed by atoms with van der Waals surface area (Å²) in [5, 5.41) is 2.73. The lowest BCUT2D eigenvalue weighted by atomic mass is 10.2. The number of aromatic amines is 1. The summed E-state index contributed by atoms with van der Waals surface area (Å²) in [4.78, 5) is 6.29. The first-order valence-corrected chi connectivity index (χ1v) is 7.56. The van der Waals surface area contributed by atoms with Gasteiger partial charge in [-0.05, 0) is 43.3 Å². The lowest BCUT2D eigenvalue weighted by Gasteiger charge is -2.03. The molecule has 0 amide bonds. The van der Waals surface area contributed by atoms with Crippen LogP contribution in [0.15, 0.2) is 53.4 Å². The normalized spacial score (nSPS) is 10.3. The van der Waals surface area contributed by atoms with Gasteiger partial charge in [0.05, 0.1) is 17.6 Å². The summed E-state index contributed by atoms with van der Waals surface area (Å²) >= 11 is 3.16. The van der Waals surface area contributed by atoms with E-state index in [0.717, 1.165) is 16.6 Å². The highest BCUT2D eigenvalue weighted by atomic mass is 79.9. The van der Waals surface area contributed by atoms with Crippen molar-refractivity contribution in [3.8, 4) is 0 Å². The molecule has 8 heteroatoms. The van der Waals surface area contributed by atoms with Crippen LogP contribution in [-0.4, -0.2) is 17.0 Å². The lowest BCUT2D eigenvalue weighted by molar-refractivity contribution is -0.137. The van der Waals surface area contributed by atoms with Gasteiger partial charge < -0.3 is 10.3 Å². The molecule has 2 aromatic rings. The molecular formula is C16H16BrF4N3. The lowest BCUT2D eigenvalue weighted by Crippen LogP contribution is -2.03. The molecular weight excluding hydrogens is 390 g/mol. The van der Waals surface area contributed by atoms with Crippen LogP contribution < -0.4 is 5.32 Å². The zero-order valence-corrected chi connectivity index (χ0v) is 14.5. The summed E-state index contributed by atoms with van der Waals surface area (Å²) < 4.78 is 50.5. The van der Waals surface area contributed by atoms with Crippen molar-refractivity contribution in [2.24, 2.45) is 0 Å². The van der Waals surface area contributed by atoms with Crippen LogP contribution in [0.3, 0.4) is 0 Å². The number of nitrogens with zero attached hydrogens (tertiary/aromatic N) is 1. The molecule has 1 heterocycles. The predicted molar refractivity (Wildman–Crippen MR) is 89.6 cm³/mol. The summed E-state index contributed by atoms with van der Waals surface area (Å²) in [5.74, 6) is -0.239. The van der Waals surface area contributed by atoms with Crippen molar-refractivity contribution in [1.29, 1.82) is 0 Å². The molecule has 0 aliphatic rings. The average Bonchev–Trinajstić information content (AvgIpc) is 2.59. The zero-order valence-electron chi connectivity index (χ0n) is 13.0. The van der Waals surface area contributed by atoms with E-state index in [4.69, 9.17) is 0 Å². The fourth-order valence-electron chi connectivity index (χ4n) is 1.57. The third-order valence-corrected chi connectivity index (χ3v) is 3.21. The van der Waals surface area contributed by atoms with Crippen LogP contribution in [0.5, 0.6) is 0 Å². The topological polar surface area (TPSA) is 40.7 Å². The number of benzene rings is 1. The number of halogens is 5.